The largest absolute Gasteiger partial charge is 0.370 e. The molecular weight excluding hydrogens is 224 g/mol. The molecule has 0 saturated heterocycles. The van der Waals surface area contributed by atoms with E-state index in [1.54, 1.807) is 6.33 Å². The number of nitrogens with one attached hydrogen (secondary N) is 2. The van der Waals surface area contributed by atoms with Crippen molar-refractivity contribution in [1.82, 2.24) is 15.3 Å². The minimum absolute atomic E-state index is 0.816. The lowest BCUT2D eigenvalue weighted by atomic mass is 9.96. The smallest absolute Gasteiger partial charge is 0.132 e. The number of aryl methyl sites for hydroxylation is 1. The van der Waals surface area contributed by atoms with Crippen LogP contribution in [-0.4, -0.2) is 29.1 Å². The molecule has 0 amide bonds. The highest BCUT2D eigenvalue weighted by Gasteiger charge is 2.19. The van der Waals surface area contributed by atoms with Crippen LogP contribution in [-0.2, 0) is 12.8 Å². The number of hydrogen-bond acceptors (Lipinski definition) is 4. The fraction of sp³-hybridized carbons (Fsp3) is 0.714. The van der Waals surface area contributed by atoms with Gasteiger partial charge in [-0.1, -0.05) is 0 Å². The monoisotopic (exact) mass is 246 g/mol. The third-order valence-electron chi connectivity index (χ3n) is 3.78. The third kappa shape index (κ3) is 2.99. The second-order valence-electron chi connectivity index (χ2n) is 5.36. The Hall–Kier alpha value is -1.16. The van der Waals surface area contributed by atoms with Crippen molar-refractivity contribution in [2.75, 3.05) is 18.4 Å². The van der Waals surface area contributed by atoms with E-state index >= 15 is 0 Å². The van der Waals surface area contributed by atoms with Crippen LogP contribution in [0.3, 0.4) is 0 Å². The zero-order valence-electron chi connectivity index (χ0n) is 10.9. The molecule has 0 bridgehead atoms. The van der Waals surface area contributed by atoms with E-state index in [1.165, 1.54) is 36.9 Å². The zero-order valence-corrected chi connectivity index (χ0v) is 10.9. The molecule has 1 heterocycles. The van der Waals surface area contributed by atoms with Gasteiger partial charge in [-0.25, -0.2) is 9.97 Å². The van der Waals surface area contributed by atoms with E-state index in [0.717, 1.165) is 44.2 Å². The molecule has 18 heavy (non-hydrogen) atoms. The number of nitrogens with zero attached hydrogens (tertiary/aromatic N) is 2. The summed E-state index contributed by atoms with van der Waals surface area (Å²) in [7, 11) is 0. The Morgan fingerprint density at radius 1 is 1.11 bits per heavy atom. The highest BCUT2D eigenvalue weighted by Crippen LogP contribution is 2.24. The number of hydrogen-bond donors (Lipinski definition) is 2. The Morgan fingerprint density at radius 3 is 2.89 bits per heavy atom. The van der Waals surface area contributed by atoms with Crippen LogP contribution in [0.25, 0.3) is 0 Å². The first-order valence-electron chi connectivity index (χ1n) is 7.23. The summed E-state index contributed by atoms with van der Waals surface area (Å²) in [6.07, 6.45) is 10.4. The molecule has 1 aromatic heterocycles. The molecule has 2 N–H and O–H groups in total. The number of fused-ring (bicyclic) bond motifs is 1. The highest BCUT2D eigenvalue weighted by atomic mass is 15.0. The van der Waals surface area contributed by atoms with E-state index in [0.29, 0.717) is 0 Å². The Bertz CT molecular complexity index is 401. The van der Waals surface area contributed by atoms with Gasteiger partial charge in [-0.15, -0.1) is 0 Å². The van der Waals surface area contributed by atoms with Crippen molar-refractivity contribution >= 4 is 5.82 Å². The Kier molecular flexibility index (Phi) is 3.74. The van der Waals surface area contributed by atoms with Gasteiger partial charge in [0.05, 0.1) is 0 Å². The minimum Gasteiger partial charge on any atom is -0.370 e. The fourth-order valence-electron chi connectivity index (χ4n) is 2.56. The van der Waals surface area contributed by atoms with Gasteiger partial charge in [0.25, 0.3) is 0 Å². The average molecular weight is 246 g/mol. The van der Waals surface area contributed by atoms with Gasteiger partial charge in [0.1, 0.15) is 12.1 Å². The van der Waals surface area contributed by atoms with E-state index < -0.39 is 0 Å². The predicted octanol–water partition coefficient (Wildman–Crippen LogP) is 1.91. The molecule has 4 nitrogen and oxygen atoms in total. The number of anilines is 1. The molecule has 0 radical (unpaired) electrons. The van der Waals surface area contributed by atoms with Crippen LogP contribution in [0.2, 0.25) is 0 Å². The third-order valence-corrected chi connectivity index (χ3v) is 3.78. The van der Waals surface area contributed by atoms with Crippen molar-refractivity contribution in [2.24, 2.45) is 0 Å². The summed E-state index contributed by atoms with van der Waals surface area (Å²) in [6.45, 7) is 2.12. The standard InChI is InChI=1S/C14H22N4/c1-2-5-13-12(4-1)14(18-10-17-13)16-9-3-8-15-11-6-7-11/h10-11,15H,1-9H2,(H,16,17,18). The molecule has 0 spiro atoms. The molecule has 1 aromatic rings. The minimum atomic E-state index is 0.816. The van der Waals surface area contributed by atoms with Crippen LogP contribution in [0.15, 0.2) is 6.33 Å². The van der Waals surface area contributed by atoms with Gasteiger partial charge in [-0.2, -0.15) is 0 Å². The molecule has 0 aromatic carbocycles. The molecule has 4 heteroatoms. The Morgan fingerprint density at radius 2 is 2.00 bits per heavy atom. The van der Waals surface area contributed by atoms with Crippen LogP contribution in [0, 0.1) is 0 Å². The number of rotatable bonds is 6. The fourth-order valence-corrected chi connectivity index (χ4v) is 2.56. The molecule has 1 saturated carbocycles. The van der Waals surface area contributed by atoms with Gasteiger partial charge < -0.3 is 10.6 Å². The summed E-state index contributed by atoms with van der Waals surface area (Å²) in [5, 5.41) is 7.01. The molecule has 0 atom stereocenters. The van der Waals surface area contributed by atoms with Crippen molar-refractivity contribution < 1.29 is 0 Å². The molecule has 2 aliphatic rings. The lowest BCUT2D eigenvalue weighted by Gasteiger charge is -2.18. The van der Waals surface area contributed by atoms with Crippen molar-refractivity contribution in [3.63, 3.8) is 0 Å². The van der Waals surface area contributed by atoms with E-state index in [9.17, 15) is 0 Å². The summed E-state index contributed by atoms with van der Waals surface area (Å²) in [5.74, 6) is 1.08. The topological polar surface area (TPSA) is 49.8 Å². The Balaban J connectivity index is 1.48. The van der Waals surface area contributed by atoms with Gasteiger partial charge in [0, 0.05) is 23.8 Å². The van der Waals surface area contributed by atoms with Crippen LogP contribution in [0.5, 0.6) is 0 Å². The van der Waals surface area contributed by atoms with Crippen molar-refractivity contribution in [2.45, 2.75) is 51.0 Å². The van der Waals surface area contributed by atoms with Crippen LogP contribution >= 0.6 is 0 Å². The maximum atomic E-state index is 4.39. The molecule has 1 fully saturated rings. The first-order valence-corrected chi connectivity index (χ1v) is 7.23. The normalized spacial score (nSPS) is 18.4. The molecular formula is C14H22N4. The molecule has 98 valence electrons. The zero-order chi connectivity index (χ0) is 12.2. The van der Waals surface area contributed by atoms with Gasteiger partial charge in [0.2, 0.25) is 0 Å². The molecule has 2 aliphatic carbocycles. The summed E-state index contributed by atoms with van der Waals surface area (Å²) in [5.41, 5.74) is 2.62. The average Bonchev–Trinajstić information content (AvgIpc) is 3.23. The van der Waals surface area contributed by atoms with Crippen LogP contribution in [0.4, 0.5) is 5.82 Å². The molecule has 0 unspecified atom stereocenters. The molecule has 0 aliphatic heterocycles. The SMILES string of the molecule is c1nc2c(c(NCCCNC3CC3)n1)CCCC2. The van der Waals surface area contributed by atoms with E-state index in [-0.39, 0.29) is 0 Å². The summed E-state index contributed by atoms with van der Waals surface area (Å²) in [6, 6.07) is 0.816. The van der Waals surface area contributed by atoms with Gasteiger partial charge in [-0.3, -0.25) is 0 Å². The first-order chi connectivity index (χ1) is 8.93. The van der Waals surface area contributed by atoms with E-state index in [2.05, 4.69) is 20.6 Å². The van der Waals surface area contributed by atoms with Crippen LogP contribution in [0.1, 0.15) is 43.4 Å². The van der Waals surface area contributed by atoms with Crippen molar-refractivity contribution in [3.8, 4) is 0 Å². The molecule has 3 rings (SSSR count). The van der Waals surface area contributed by atoms with Crippen molar-refractivity contribution in [3.05, 3.63) is 17.6 Å². The predicted molar refractivity (Wildman–Crippen MR) is 72.8 cm³/mol. The highest BCUT2D eigenvalue weighted by molar-refractivity contribution is 5.46. The second kappa shape index (κ2) is 5.65. The summed E-state index contributed by atoms with van der Waals surface area (Å²) >= 11 is 0. The van der Waals surface area contributed by atoms with Crippen LogP contribution < -0.4 is 10.6 Å². The quantitative estimate of drug-likeness (QED) is 0.753. The maximum Gasteiger partial charge on any atom is 0.132 e. The lowest BCUT2D eigenvalue weighted by molar-refractivity contribution is 0.651. The van der Waals surface area contributed by atoms with E-state index in [4.69, 9.17) is 0 Å². The second-order valence-corrected chi connectivity index (χ2v) is 5.36. The lowest BCUT2D eigenvalue weighted by Crippen LogP contribution is -2.20. The van der Waals surface area contributed by atoms with Crippen molar-refractivity contribution in [1.29, 1.82) is 0 Å². The first kappa shape index (κ1) is 11.9. The summed E-state index contributed by atoms with van der Waals surface area (Å²) < 4.78 is 0. The van der Waals surface area contributed by atoms with Gasteiger partial charge in [0.15, 0.2) is 0 Å². The number of aromatic nitrogens is 2. The van der Waals surface area contributed by atoms with E-state index in [1.807, 2.05) is 0 Å². The van der Waals surface area contributed by atoms with Gasteiger partial charge in [-0.05, 0) is 51.5 Å². The maximum absolute atomic E-state index is 4.39. The van der Waals surface area contributed by atoms with Gasteiger partial charge >= 0.3 is 0 Å². The summed E-state index contributed by atoms with van der Waals surface area (Å²) in [4.78, 5) is 8.79. The Labute approximate surface area is 109 Å².